The summed E-state index contributed by atoms with van der Waals surface area (Å²) in [6.45, 7) is 2.64. The second kappa shape index (κ2) is 25.0. The molecule has 2 aromatic carbocycles. The minimum absolute atomic E-state index is 0.392. The molecule has 3 unspecified atom stereocenters. The molecule has 0 amide bonds. The van der Waals surface area contributed by atoms with Crippen LogP contribution in [-0.4, -0.2) is 32.9 Å². The average molecular weight is 567 g/mol. The van der Waals surface area contributed by atoms with Gasteiger partial charge >= 0.3 is 34.1 Å². The second-order valence-electron chi connectivity index (χ2n) is 7.45. The standard InChI is InChI=1S/C12H26O3S.2C6H6O3S/c1-2-3-4-5-6-7-8-9-10-11-12-15-16(13)14;2*7-10(8)9-6-4-2-1-3-5-6/h2-12H2,1H3,(H,13,14);2*1-5H,(H,7,8). The van der Waals surface area contributed by atoms with Gasteiger partial charge in [-0.25, -0.2) is 0 Å². The van der Waals surface area contributed by atoms with Gasteiger partial charge in [0.1, 0.15) is 11.5 Å². The third kappa shape index (κ3) is 25.4. The highest BCUT2D eigenvalue weighted by Crippen LogP contribution is 2.11. The van der Waals surface area contributed by atoms with Crippen molar-refractivity contribution >= 4 is 34.1 Å². The molecule has 9 nitrogen and oxygen atoms in total. The first-order valence-electron chi connectivity index (χ1n) is 11.8. The molecule has 0 heterocycles. The molecule has 0 fully saturated rings. The van der Waals surface area contributed by atoms with Crippen molar-refractivity contribution in [3.8, 4) is 11.5 Å². The highest BCUT2D eigenvalue weighted by molar-refractivity contribution is 7.74. The van der Waals surface area contributed by atoms with Gasteiger partial charge in [0.25, 0.3) is 0 Å². The number of hydrogen-bond donors (Lipinski definition) is 3. The molecule has 0 radical (unpaired) electrons. The van der Waals surface area contributed by atoms with Crippen molar-refractivity contribution in [1.82, 2.24) is 0 Å². The van der Waals surface area contributed by atoms with E-state index in [0.29, 0.717) is 18.1 Å². The molecule has 3 atom stereocenters. The maximum Gasteiger partial charge on any atom is 0.357 e. The Morgan fingerprint density at radius 1 is 0.556 bits per heavy atom. The highest BCUT2D eigenvalue weighted by atomic mass is 32.2. The highest BCUT2D eigenvalue weighted by Gasteiger charge is 1.96. The van der Waals surface area contributed by atoms with Crippen molar-refractivity contribution in [2.45, 2.75) is 71.1 Å². The molecule has 2 aromatic rings. The van der Waals surface area contributed by atoms with E-state index in [0.717, 1.165) is 12.8 Å². The van der Waals surface area contributed by atoms with Crippen LogP contribution in [0.3, 0.4) is 0 Å². The predicted octanol–water partition coefficient (Wildman–Crippen LogP) is 6.46. The molecule has 36 heavy (non-hydrogen) atoms. The Kier molecular flexibility index (Phi) is 23.8. The van der Waals surface area contributed by atoms with E-state index in [-0.39, 0.29) is 0 Å². The zero-order valence-electron chi connectivity index (χ0n) is 20.6. The molecule has 0 aromatic heterocycles. The summed E-state index contributed by atoms with van der Waals surface area (Å²) in [5, 5.41) is 0. The molecular weight excluding hydrogens is 528 g/mol. The Hall–Kier alpha value is -1.67. The molecule has 0 saturated carbocycles. The fraction of sp³-hybridized carbons (Fsp3) is 0.500. The van der Waals surface area contributed by atoms with E-state index < -0.39 is 34.1 Å². The van der Waals surface area contributed by atoms with Gasteiger partial charge in [-0.1, -0.05) is 101 Å². The monoisotopic (exact) mass is 566 g/mol. The van der Waals surface area contributed by atoms with Gasteiger partial charge in [0.05, 0.1) is 6.61 Å². The van der Waals surface area contributed by atoms with Crippen LogP contribution in [-0.2, 0) is 38.3 Å². The van der Waals surface area contributed by atoms with Gasteiger partial charge in [0, 0.05) is 0 Å². The second-order valence-corrected chi connectivity index (χ2v) is 9.32. The lowest BCUT2D eigenvalue weighted by atomic mass is 10.1. The van der Waals surface area contributed by atoms with E-state index in [1.807, 2.05) is 0 Å². The number of para-hydroxylation sites is 2. The molecule has 0 spiro atoms. The topological polar surface area (TPSA) is 140 Å². The summed E-state index contributed by atoms with van der Waals surface area (Å²) in [6.07, 6.45) is 12.6. The predicted molar refractivity (Wildman–Crippen MR) is 144 cm³/mol. The zero-order valence-corrected chi connectivity index (χ0v) is 23.0. The van der Waals surface area contributed by atoms with Gasteiger partial charge in [0.2, 0.25) is 0 Å². The molecule has 206 valence electrons. The van der Waals surface area contributed by atoms with Crippen molar-refractivity contribution in [3.63, 3.8) is 0 Å². The summed E-state index contributed by atoms with van der Waals surface area (Å²) in [5.74, 6) is 0.784. The lowest BCUT2D eigenvalue weighted by molar-refractivity contribution is 0.296. The van der Waals surface area contributed by atoms with Crippen LogP contribution >= 0.6 is 0 Å². The third-order valence-corrected chi connectivity index (χ3v) is 5.54. The molecule has 0 saturated heterocycles. The minimum Gasteiger partial charge on any atom is -0.380 e. The van der Waals surface area contributed by atoms with Crippen molar-refractivity contribution in [1.29, 1.82) is 0 Å². The van der Waals surface area contributed by atoms with E-state index >= 15 is 0 Å². The Morgan fingerprint density at radius 3 is 1.25 bits per heavy atom. The number of benzene rings is 2. The fourth-order valence-electron chi connectivity index (χ4n) is 2.84. The summed E-state index contributed by atoms with van der Waals surface area (Å²) >= 11 is -6.51. The van der Waals surface area contributed by atoms with Crippen molar-refractivity contribution in [3.05, 3.63) is 60.7 Å². The Morgan fingerprint density at radius 2 is 0.917 bits per heavy atom. The number of rotatable bonds is 16. The van der Waals surface area contributed by atoms with Gasteiger partial charge in [-0.05, 0) is 30.7 Å². The van der Waals surface area contributed by atoms with Crippen LogP contribution in [0.5, 0.6) is 11.5 Å². The van der Waals surface area contributed by atoms with Crippen molar-refractivity contribution in [2.24, 2.45) is 0 Å². The zero-order chi connectivity index (χ0) is 26.9. The molecule has 2 rings (SSSR count). The first-order chi connectivity index (χ1) is 17.3. The molecule has 0 bridgehead atoms. The van der Waals surface area contributed by atoms with Crippen LogP contribution in [0.4, 0.5) is 0 Å². The summed E-state index contributed by atoms with van der Waals surface area (Å²) in [6, 6.07) is 16.9. The summed E-state index contributed by atoms with van der Waals surface area (Å²) in [4.78, 5) is 0. The maximum atomic E-state index is 10.1. The first kappa shape index (κ1) is 34.3. The van der Waals surface area contributed by atoms with Gasteiger partial charge < -0.3 is 8.37 Å². The fourth-order valence-corrected chi connectivity index (χ4v) is 3.65. The normalized spacial score (nSPS) is 12.7. The van der Waals surface area contributed by atoms with E-state index in [2.05, 4.69) is 19.5 Å². The largest absolute Gasteiger partial charge is 0.380 e. The minimum atomic E-state index is -2.22. The number of hydrogen-bond acceptors (Lipinski definition) is 6. The molecule has 0 aliphatic heterocycles. The van der Waals surface area contributed by atoms with Crippen molar-refractivity contribution in [2.75, 3.05) is 6.61 Å². The van der Waals surface area contributed by atoms with Crippen LogP contribution in [0.25, 0.3) is 0 Å². The molecule has 3 N–H and O–H groups in total. The lowest BCUT2D eigenvalue weighted by Crippen LogP contribution is -1.97. The quantitative estimate of drug-likeness (QED) is 0.154. The Balaban J connectivity index is 0.000000532. The van der Waals surface area contributed by atoms with Crippen LogP contribution in [0.2, 0.25) is 0 Å². The van der Waals surface area contributed by atoms with Crippen LogP contribution in [0.15, 0.2) is 60.7 Å². The van der Waals surface area contributed by atoms with Crippen LogP contribution in [0.1, 0.15) is 71.1 Å². The van der Waals surface area contributed by atoms with Gasteiger partial charge in [0.15, 0.2) is 0 Å². The van der Waals surface area contributed by atoms with Gasteiger partial charge in [-0.15, -0.1) is 0 Å². The SMILES string of the molecule is CCCCCCCCCCCCOS(=O)O.O=S(O)Oc1ccccc1.O=S(O)Oc1ccccc1. The van der Waals surface area contributed by atoms with E-state index in [9.17, 15) is 12.6 Å². The molecule has 0 aliphatic rings. The molecular formula is C24H38O9S3. The Labute approximate surface area is 222 Å². The maximum absolute atomic E-state index is 10.1. The van der Waals surface area contributed by atoms with E-state index in [1.54, 1.807) is 60.7 Å². The van der Waals surface area contributed by atoms with E-state index in [4.69, 9.17) is 13.7 Å². The molecule has 12 heteroatoms. The molecule has 0 aliphatic carbocycles. The van der Waals surface area contributed by atoms with Gasteiger partial charge in [-0.3, -0.25) is 17.8 Å². The summed E-state index contributed by atoms with van der Waals surface area (Å²) in [5.41, 5.74) is 0. The van der Waals surface area contributed by atoms with Crippen LogP contribution in [0, 0.1) is 0 Å². The van der Waals surface area contributed by atoms with Crippen LogP contribution < -0.4 is 8.37 Å². The van der Waals surface area contributed by atoms with E-state index in [1.165, 1.54) is 51.4 Å². The smallest absolute Gasteiger partial charge is 0.357 e. The number of unbranched alkanes of at least 4 members (excludes halogenated alkanes) is 9. The Bertz CT molecular complexity index is 773. The first-order valence-corrected chi connectivity index (χ1v) is 14.9. The van der Waals surface area contributed by atoms with Crippen molar-refractivity contribution < 1.29 is 38.8 Å². The average Bonchev–Trinajstić information content (AvgIpc) is 2.84. The summed E-state index contributed by atoms with van der Waals surface area (Å²) in [7, 11) is 0. The summed E-state index contributed by atoms with van der Waals surface area (Å²) < 4.78 is 68.5. The van der Waals surface area contributed by atoms with Gasteiger partial charge in [-0.2, -0.15) is 12.6 Å². The lowest BCUT2D eigenvalue weighted by Gasteiger charge is -2.01. The third-order valence-electron chi connectivity index (χ3n) is 4.50.